The Morgan fingerprint density at radius 3 is 2.32 bits per heavy atom. The third-order valence-corrected chi connectivity index (χ3v) is 3.00. The highest BCUT2D eigenvalue weighted by molar-refractivity contribution is 5.50. The molecule has 2 aromatic rings. The van der Waals surface area contributed by atoms with Gasteiger partial charge in [0.05, 0.1) is 7.11 Å². The zero-order chi connectivity index (χ0) is 13.5. The summed E-state index contributed by atoms with van der Waals surface area (Å²) in [4.78, 5) is 2.28. The molecule has 2 heteroatoms. The van der Waals surface area contributed by atoms with Gasteiger partial charge in [-0.25, -0.2) is 0 Å². The zero-order valence-electron chi connectivity index (χ0n) is 11.3. The Kier molecular flexibility index (Phi) is 4.62. The Hall–Kier alpha value is -2.22. The van der Waals surface area contributed by atoms with Crippen LogP contribution in [-0.2, 0) is 6.54 Å². The van der Waals surface area contributed by atoms with Crippen LogP contribution in [0.15, 0.2) is 67.3 Å². The van der Waals surface area contributed by atoms with Crippen LogP contribution in [0, 0.1) is 0 Å². The molecule has 2 aromatic carbocycles. The fraction of sp³-hybridized carbons (Fsp3) is 0.176. The molecule has 2 nitrogen and oxygen atoms in total. The summed E-state index contributed by atoms with van der Waals surface area (Å²) in [6.07, 6.45) is 1.92. The van der Waals surface area contributed by atoms with Gasteiger partial charge in [0.15, 0.2) is 0 Å². The van der Waals surface area contributed by atoms with Crippen molar-refractivity contribution in [3.63, 3.8) is 0 Å². The second-order valence-electron chi connectivity index (χ2n) is 4.35. The van der Waals surface area contributed by atoms with E-state index in [9.17, 15) is 0 Å². The van der Waals surface area contributed by atoms with Crippen molar-refractivity contribution in [1.82, 2.24) is 0 Å². The predicted molar refractivity (Wildman–Crippen MR) is 80.7 cm³/mol. The first-order valence-electron chi connectivity index (χ1n) is 6.37. The van der Waals surface area contributed by atoms with Gasteiger partial charge < -0.3 is 9.64 Å². The molecule has 0 saturated heterocycles. The number of benzene rings is 2. The first-order chi connectivity index (χ1) is 9.33. The van der Waals surface area contributed by atoms with Crippen LogP contribution in [0.2, 0.25) is 0 Å². The van der Waals surface area contributed by atoms with E-state index >= 15 is 0 Å². The number of methoxy groups -OCH3 is 1. The van der Waals surface area contributed by atoms with Crippen LogP contribution in [-0.4, -0.2) is 13.7 Å². The maximum atomic E-state index is 5.19. The van der Waals surface area contributed by atoms with E-state index < -0.39 is 0 Å². The van der Waals surface area contributed by atoms with Gasteiger partial charge in [-0.1, -0.05) is 36.4 Å². The summed E-state index contributed by atoms with van der Waals surface area (Å²) in [6.45, 7) is 5.53. The van der Waals surface area contributed by atoms with E-state index in [0.29, 0.717) is 0 Å². The highest BCUT2D eigenvalue weighted by Gasteiger charge is 2.05. The summed E-state index contributed by atoms with van der Waals surface area (Å²) in [5.74, 6) is 0.877. The van der Waals surface area contributed by atoms with Crippen molar-refractivity contribution in [2.75, 3.05) is 18.6 Å². The largest absolute Gasteiger partial charge is 0.497 e. The summed E-state index contributed by atoms with van der Waals surface area (Å²) in [6, 6.07) is 18.6. The minimum Gasteiger partial charge on any atom is -0.497 e. The zero-order valence-corrected chi connectivity index (χ0v) is 11.3. The molecular weight excluding hydrogens is 234 g/mol. The van der Waals surface area contributed by atoms with Crippen LogP contribution in [0.4, 0.5) is 5.69 Å². The Labute approximate surface area is 114 Å². The molecule has 2 rings (SSSR count). The predicted octanol–water partition coefficient (Wildman–Crippen LogP) is 3.89. The van der Waals surface area contributed by atoms with Crippen molar-refractivity contribution >= 4 is 5.69 Å². The van der Waals surface area contributed by atoms with E-state index in [1.807, 2.05) is 24.3 Å². The first-order valence-corrected chi connectivity index (χ1v) is 6.37. The van der Waals surface area contributed by atoms with Gasteiger partial charge in [-0.15, -0.1) is 6.58 Å². The number of rotatable bonds is 6. The smallest absolute Gasteiger partial charge is 0.119 e. The molecule has 98 valence electrons. The Morgan fingerprint density at radius 1 is 1.05 bits per heavy atom. The fourth-order valence-electron chi connectivity index (χ4n) is 2.01. The van der Waals surface area contributed by atoms with Gasteiger partial charge in [0.2, 0.25) is 0 Å². The molecule has 0 heterocycles. The molecule has 0 N–H and O–H groups in total. The average molecular weight is 253 g/mol. The van der Waals surface area contributed by atoms with E-state index in [0.717, 1.165) is 18.8 Å². The number of nitrogens with zero attached hydrogens (tertiary/aromatic N) is 1. The summed E-state index contributed by atoms with van der Waals surface area (Å²) in [5.41, 5.74) is 2.46. The fourth-order valence-corrected chi connectivity index (χ4v) is 2.01. The van der Waals surface area contributed by atoms with Crippen LogP contribution >= 0.6 is 0 Å². The van der Waals surface area contributed by atoms with Crippen LogP contribution in [0.3, 0.4) is 0 Å². The topological polar surface area (TPSA) is 12.5 Å². The van der Waals surface area contributed by atoms with E-state index in [-0.39, 0.29) is 0 Å². The molecule has 0 aromatic heterocycles. The highest BCUT2D eigenvalue weighted by atomic mass is 16.5. The van der Waals surface area contributed by atoms with E-state index in [2.05, 4.69) is 47.9 Å². The van der Waals surface area contributed by atoms with Gasteiger partial charge in [-0.2, -0.15) is 0 Å². The average Bonchev–Trinajstić information content (AvgIpc) is 2.48. The van der Waals surface area contributed by atoms with Gasteiger partial charge in [-0.3, -0.25) is 0 Å². The molecule has 0 amide bonds. The van der Waals surface area contributed by atoms with Crippen LogP contribution < -0.4 is 9.64 Å². The second-order valence-corrected chi connectivity index (χ2v) is 4.35. The van der Waals surface area contributed by atoms with Crippen molar-refractivity contribution in [3.8, 4) is 5.75 Å². The molecule has 0 spiro atoms. The number of hydrogen-bond acceptors (Lipinski definition) is 2. The van der Waals surface area contributed by atoms with Gasteiger partial charge in [0.25, 0.3) is 0 Å². The van der Waals surface area contributed by atoms with Gasteiger partial charge >= 0.3 is 0 Å². The molecule has 0 atom stereocenters. The van der Waals surface area contributed by atoms with E-state index in [1.165, 1.54) is 11.3 Å². The Bertz CT molecular complexity index is 505. The van der Waals surface area contributed by atoms with Crippen molar-refractivity contribution in [2.45, 2.75) is 6.54 Å². The molecule has 0 aliphatic rings. The molecule has 0 unspecified atom stereocenters. The molecule has 0 radical (unpaired) electrons. The molecule has 0 aliphatic heterocycles. The third kappa shape index (κ3) is 3.62. The number of ether oxygens (including phenoxy) is 1. The van der Waals surface area contributed by atoms with Crippen LogP contribution in [0.25, 0.3) is 0 Å². The molecule has 0 aliphatic carbocycles. The number of hydrogen-bond donors (Lipinski definition) is 0. The van der Waals surface area contributed by atoms with Crippen molar-refractivity contribution in [1.29, 1.82) is 0 Å². The summed E-state index contributed by atoms with van der Waals surface area (Å²) in [5, 5.41) is 0. The van der Waals surface area contributed by atoms with Crippen LogP contribution in [0.1, 0.15) is 5.56 Å². The summed E-state index contributed by atoms with van der Waals surface area (Å²) in [7, 11) is 1.68. The third-order valence-electron chi connectivity index (χ3n) is 3.00. The first kappa shape index (κ1) is 13.2. The van der Waals surface area contributed by atoms with E-state index in [4.69, 9.17) is 4.74 Å². The highest BCUT2D eigenvalue weighted by Crippen LogP contribution is 2.21. The SMILES string of the molecule is C=CCN(Cc1ccccc1)c1ccc(OC)cc1. The lowest BCUT2D eigenvalue weighted by molar-refractivity contribution is 0.415. The normalized spacial score (nSPS) is 9.95. The molecular formula is C17H19NO. The second kappa shape index (κ2) is 6.64. The van der Waals surface area contributed by atoms with Gasteiger partial charge in [0, 0.05) is 18.8 Å². The van der Waals surface area contributed by atoms with Crippen molar-refractivity contribution in [3.05, 3.63) is 72.8 Å². The Morgan fingerprint density at radius 2 is 1.74 bits per heavy atom. The summed E-state index contributed by atoms with van der Waals surface area (Å²) < 4.78 is 5.19. The Balaban J connectivity index is 2.16. The maximum Gasteiger partial charge on any atom is 0.119 e. The molecule has 0 bridgehead atoms. The van der Waals surface area contributed by atoms with E-state index in [1.54, 1.807) is 7.11 Å². The quantitative estimate of drug-likeness (QED) is 0.724. The standard InChI is InChI=1S/C17H19NO/c1-3-13-18(14-15-7-5-4-6-8-15)16-9-11-17(19-2)12-10-16/h3-12H,1,13-14H2,2H3. The lowest BCUT2D eigenvalue weighted by atomic mass is 10.2. The minimum atomic E-state index is 0.821. The lowest BCUT2D eigenvalue weighted by Gasteiger charge is -2.23. The van der Waals surface area contributed by atoms with Crippen molar-refractivity contribution in [2.24, 2.45) is 0 Å². The molecule has 19 heavy (non-hydrogen) atoms. The van der Waals surface area contributed by atoms with Gasteiger partial charge in [0.1, 0.15) is 5.75 Å². The van der Waals surface area contributed by atoms with Crippen LogP contribution in [0.5, 0.6) is 5.75 Å². The molecule has 0 fully saturated rings. The minimum absolute atomic E-state index is 0.821. The van der Waals surface area contributed by atoms with Crippen molar-refractivity contribution < 1.29 is 4.74 Å². The summed E-state index contributed by atoms with van der Waals surface area (Å²) >= 11 is 0. The monoisotopic (exact) mass is 253 g/mol. The lowest BCUT2D eigenvalue weighted by Crippen LogP contribution is -2.22. The molecule has 0 saturated carbocycles. The number of anilines is 1. The van der Waals surface area contributed by atoms with Gasteiger partial charge in [-0.05, 0) is 29.8 Å². The maximum absolute atomic E-state index is 5.19.